The van der Waals surface area contributed by atoms with Crippen LogP contribution in [0, 0.1) is 19.8 Å². The van der Waals surface area contributed by atoms with Crippen molar-refractivity contribution in [2.45, 2.75) is 59.0 Å². The number of nitrogens with zero attached hydrogens (tertiary/aromatic N) is 2. The van der Waals surface area contributed by atoms with Crippen molar-refractivity contribution in [2.24, 2.45) is 5.92 Å². The van der Waals surface area contributed by atoms with E-state index in [0.717, 1.165) is 11.4 Å². The van der Waals surface area contributed by atoms with Crippen LogP contribution >= 0.6 is 0 Å². The summed E-state index contributed by atoms with van der Waals surface area (Å²) in [6, 6.07) is 0.254. The highest BCUT2D eigenvalue weighted by Crippen LogP contribution is 2.27. The zero-order valence-corrected chi connectivity index (χ0v) is 12.1. The van der Waals surface area contributed by atoms with Crippen molar-refractivity contribution in [2.75, 3.05) is 5.73 Å². The van der Waals surface area contributed by atoms with E-state index in [2.05, 4.69) is 17.3 Å². The average Bonchev–Trinajstić information content (AvgIpc) is 2.96. The van der Waals surface area contributed by atoms with Crippen molar-refractivity contribution in [3.05, 3.63) is 11.4 Å². The average molecular weight is 264 g/mol. The second-order valence-electron chi connectivity index (χ2n) is 5.64. The normalized spacial score (nSPS) is 17.6. The highest BCUT2D eigenvalue weighted by molar-refractivity contribution is 5.76. The molecule has 1 aromatic heterocycles. The molecule has 1 aromatic rings. The summed E-state index contributed by atoms with van der Waals surface area (Å²) in [5.41, 5.74) is 8.19. The Bertz CT molecular complexity index is 460. The van der Waals surface area contributed by atoms with Crippen LogP contribution in [0.2, 0.25) is 0 Å². The number of rotatable bonds is 4. The number of aromatic nitrogens is 2. The van der Waals surface area contributed by atoms with Gasteiger partial charge in [-0.2, -0.15) is 5.10 Å². The number of anilines is 1. The SMILES string of the molecule is Cc1nn(CC(=O)NC(C)C2CCCC2)c(C)c1N. The fourth-order valence-corrected chi connectivity index (χ4v) is 2.88. The van der Waals surface area contributed by atoms with Gasteiger partial charge in [0.25, 0.3) is 0 Å². The first-order valence-electron chi connectivity index (χ1n) is 7.08. The summed E-state index contributed by atoms with van der Waals surface area (Å²) in [5, 5.41) is 7.37. The first-order chi connectivity index (χ1) is 8.99. The number of carbonyl (C=O) groups is 1. The summed E-state index contributed by atoms with van der Waals surface area (Å²) in [6.07, 6.45) is 5.04. The first-order valence-corrected chi connectivity index (χ1v) is 7.08. The Morgan fingerprint density at radius 3 is 2.63 bits per heavy atom. The van der Waals surface area contributed by atoms with Crippen molar-refractivity contribution < 1.29 is 4.79 Å². The standard InChI is InChI=1S/C14H24N4O/c1-9(12-6-4-5-7-12)16-13(19)8-18-11(3)14(15)10(2)17-18/h9,12H,4-8,15H2,1-3H3,(H,16,19). The molecule has 0 spiro atoms. The van der Waals surface area contributed by atoms with Crippen molar-refractivity contribution >= 4 is 11.6 Å². The van der Waals surface area contributed by atoms with Gasteiger partial charge in [-0.15, -0.1) is 0 Å². The Labute approximate surface area is 114 Å². The maximum absolute atomic E-state index is 12.0. The summed E-state index contributed by atoms with van der Waals surface area (Å²) in [4.78, 5) is 12.0. The van der Waals surface area contributed by atoms with Crippen molar-refractivity contribution in [1.82, 2.24) is 15.1 Å². The summed E-state index contributed by atoms with van der Waals surface area (Å²) < 4.78 is 1.68. The molecule has 0 aromatic carbocycles. The lowest BCUT2D eigenvalue weighted by atomic mass is 10.00. The van der Waals surface area contributed by atoms with Gasteiger partial charge in [0.15, 0.2) is 0 Å². The minimum Gasteiger partial charge on any atom is -0.396 e. The molecule has 1 fully saturated rings. The van der Waals surface area contributed by atoms with E-state index in [0.29, 0.717) is 11.6 Å². The van der Waals surface area contributed by atoms with E-state index in [1.54, 1.807) is 4.68 Å². The van der Waals surface area contributed by atoms with Crippen molar-refractivity contribution in [1.29, 1.82) is 0 Å². The van der Waals surface area contributed by atoms with Crippen LogP contribution in [0.1, 0.15) is 44.0 Å². The molecule has 3 N–H and O–H groups in total. The molecule has 1 heterocycles. The fourth-order valence-electron chi connectivity index (χ4n) is 2.88. The van der Waals surface area contributed by atoms with Crippen LogP contribution in [-0.2, 0) is 11.3 Å². The van der Waals surface area contributed by atoms with E-state index in [1.165, 1.54) is 25.7 Å². The second-order valence-corrected chi connectivity index (χ2v) is 5.64. The predicted molar refractivity (Wildman–Crippen MR) is 75.7 cm³/mol. The van der Waals surface area contributed by atoms with Crippen LogP contribution < -0.4 is 11.1 Å². The number of nitrogens with one attached hydrogen (secondary N) is 1. The third-order valence-corrected chi connectivity index (χ3v) is 4.23. The van der Waals surface area contributed by atoms with E-state index >= 15 is 0 Å². The number of nitrogen functional groups attached to an aromatic ring is 1. The van der Waals surface area contributed by atoms with Gasteiger partial charge in [-0.1, -0.05) is 12.8 Å². The topological polar surface area (TPSA) is 72.9 Å². The van der Waals surface area contributed by atoms with E-state index in [1.807, 2.05) is 13.8 Å². The van der Waals surface area contributed by atoms with Gasteiger partial charge in [0.1, 0.15) is 6.54 Å². The quantitative estimate of drug-likeness (QED) is 0.870. The Kier molecular flexibility index (Phi) is 4.12. The van der Waals surface area contributed by atoms with Crippen LogP contribution in [0.3, 0.4) is 0 Å². The Morgan fingerprint density at radius 2 is 2.11 bits per heavy atom. The maximum Gasteiger partial charge on any atom is 0.241 e. The largest absolute Gasteiger partial charge is 0.396 e. The van der Waals surface area contributed by atoms with Gasteiger partial charge in [0, 0.05) is 6.04 Å². The molecule has 1 saturated carbocycles. The first kappa shape index (κ1) is 13.9. The van der Waals surface area contributed by atoms with Crippen LogP contribution in [-0.4, -0.2) is 21.7 Å². The van der Waals surface area contributed by atoms with Gasteiger partial charge in [-0.05, 0) is 39.5 Å². The van der Waals surface area contributed by atoms with Gasteiger partial charge in [-0.3, -0.25) is 9.48 Å². The van der Waals surface area contributed by atoms with Crippen LogP contribution in [0.4, 0.5) is 5.69 Å². The lowest BCUT2D eigenvalue weighted by Gasteiger charge is -2.20. The molecule has 1 aliphatic rings. The van der Waals surface area contributed by atoms with Crippen molar-refractivity contribution in [3.8, 4) is 0 Å². The molecule has 0 aliphatic heterocycles. The van der Waals surface area contributed by atoms with Crippen LogP contribution in [0.5, 0.6) is 0 Å². The Balaban J connectivity index is 1.91. The molecular weight excluding hydrogens is 240 g/mol. The molecule has 1 unspecified atom stereocenters. The van der Waals surface area contributed by atoms with E-state index in [4.69, 9.17) is 5.73 Å². The Morgan fingerprint density at radius 1 is 1.47 bits per heavy atom. The highest BCUT2D eigenvalue weighted by Gasteiger charge is 2.23. The molecule has 0 radical (unpaired) electrons. The van der Waals surface area contributed by atoms with Gasteiger partial charge in [0.05, 0.1) is 17.1 Å². The maximum atomic E-state index is 12.0. The van der Waals surface area contributed by atoms with E-state index in [9.17, 15) is 4.79 Å². The van der Waals surface area contributed by atoms with Crippen LogP contribution in [0.15, 0.2) is 0 Å². The zero-order valence-electron chi connectivity index (χ0n) is 12.1. The molecule has 5 heteroatoms. The van der Waals surface area contributed by atoms with Gasteiger partial charge >= 0.3 is 0 Å². The third-order valence-electron chi connectivity index (χ3n) is 4.23. The summed E-state index contributed by atoms with van der Waals surface area (Å²) in [5.74, 6) is 0.652. The number of hydrogen-bond donors (Lipinski definition) is 2. The summed E-state index contributed by atoms with van der Waals surface area (Å²) in [7, 11) is 0. The molecule has 5 nitrogen and oxygen atoms in total. The molecule has 1 amide bonds. The lowest BCUT2D eigenvalue weighted by molar-refractivity contribution is -0.122. The number of carbonyl (C=O) groups excluding carboxylic acids is 1. The number of nitrogens with two attached hydrogens (primary N) is 1. The minimum absolute atomic E-state index is 0.0185. The molecule has 0 saturated heterocycles. The van der Waals surface area contributed by atoms with Crippen LogP contribution in [0.25, 0.3) is 0 Å². The molecule has 106 valence electrons. The minimum atomic E-state index is 0.0185. The van der Waals surface area contributed by atoms with Gasteiger partial charge in [-0.25, -0.2) is 0 Å². The predicted octanol–water partition coefficient (Wildman–Crippen LogP) is 1.78. The van der Waals surface area contributed by atoms with E-state index in [-0.39, 0.29) is 18.5 Å². The fraction of sp³-hybridized carbons (Fsp3) is 0.714. The second kappa shape index (κ2) is 5.63. The van der Waals surface area contributed by atoms with E-state index < -0.39 is 0 Å². The number of hydrogen-bond acceptors (Lipinski definition) is 3. The molecule has 19 heavy (non-hydrogen) atoms. The lowest BCUT2D eigenvalue weighted by Crippen LogP contribution is -2.39. The zero-order chi connectivity index (χ0) is 14.0. The highest BCUT2D eigenvalue weighted by atomic mass is 16.2. The third kappa shape index (κ3) is 3.08. The molecule has 1 atom stereocenters. The molecular formula is C14H24N4O. The van der Waals surface area contributed by atoms with Crippen molar-refractivity contribution in [3.63, 3.8) is 0 Å². The smallest absolute Gasteiger partial charge is 0.241 e. The molecule has 2 rings (SSSR count). The number of amides is 1. The van der Waals surface area contributed by atoms with Gasteiger partial charge in [0.2, 0.25) is 5.91 Å². The molecule has 0 bridgehead atoms. The number of aryl methyl sites for hydroxylation is 1. The van der Waals surface area contributed by atoms with Gasteiger partial charge < -0.3 is 11.1 Å². The monoisotopic (exact) mass is 264 g/mol. The summed E-state index contributed by atoms with van der Waals surface area (Å²) in [6.45, 7) is 6.10. The Hall–Kier alpha value is -1.52. The molecule has 1 aliphatic carbocycles. The summed E-state index contributed by atoms with van der Waals surface area (Å²) >= 11 is 0.